The van der Waals surface area contributed by atoms with Gasteiger partial charge in [-0.15, -0.1) is 0 Å². The molecule has 9 nitrogen and oxygen atoms in total. The van der Waals surface area contributed by atoms with Crippen LogP contribution < -0.4 is 5.32 Å². The van der Waals surface area contributed by atoms with Gasteiger partial charge >= 0.3 is 0 Å². The summed E-state index contributed by atoms with van der Waals surface area (Å²) in [6.45, 7) is 7.39. The first-order valence-electron chi connectivity index (χ1n) is 8.82. The van der Waals surface area contributed by atoms with E-state index in [1.54, 1.807) is 0 Å². The first kappa shape index (κ1) is 24.3. The number of amides is 1. The van der Waals surface area contributed by atoms with Crippen molar-refractivity contribution in [1.82, 2.24) is 15.1 Å². The van der Waals surface area contributed by atoms with Gasteiger partial charge in [-0.3, -0.25) is 14.4 Å². The molecule has 4 N–H and O–H groups in total. The number of nitrogens with one attached hydrogen (secondary N) is 1. The molecule has 1 unspecified atom stereocenters. The van der Waals surface area contributed by atoms with Crippen LogP contribution in [0.4, 0.5) is 0 Å². The molecule has 0 aromatic heterocycles. The summed E-state index contributed by atoms with van der Waals surface area (Å²) in [6, 6.07) is 0. The van der Waals surface area contributed by atoms with Gasteiger partial charge in [-0.05, 0) is 58.8 Å². The van der Waals surface area contributed by atoms with Crippen LogP contribution in [0.25, 0.3) is 0 Å². The zero-order valence-corrected chi connectivity index (χ0v) is 15.8. The molecule has 152 valence electrons. The van der Waals surface area contributed by atoms with Gasteiger partial charge in [0, 0.05) is 19.6 Å². The predicted molar refractivity (Wildman–Crippen MR) is 96.9 cm³/mol. The van der Waals surface area contributed by atoms with E-state index in [0.717, 1.165) is 58.5 Å². The van der Waals surface area contributed by atoms with Gasteiger partial charge in [0.15, 0.2) is 0 Å². The number of rotatable bonds is 5. The van der Waals surface area contributed by atoms with Crippen LogP contribution in [-0.2, 0) is 14.4 Å². The van der Waals surface area contributed by atoms with Gasteiger partial charge in [-0.2, -0.15) is 0 Å². The summed E-state index contributed by atoms with van der Waals surface area (Å²) in [5.41, 5.74) is -0.202. The van der Waals surface area contributed by atoms with Gasteiger partial charge in [-0.25, -0.2) is 0 Å². The van der Waals surface area contributed by atoms with E-state index < -0.39 is 0 Å². The quantitative estimate of drug-likeness (QED) is 0.475. The summed E-state index contributed by atoms with van der Waals surface area (Å²) < 4.78 is 0. The average molecular weight is 375 g/mol. The molecule has 2 heterocycles. The summed E-state index contributed by atoms with van der Waals surface area (Å²) in [5.74, 6) is 0.816. The third-order valence-corrected chi connectivity index (χ3v) is 4.89. The topological polar surface area (TPSA) is 130 Å². The van der Waals surface area contributed by atoms with E-state index in [2.05, 4.69) is 29.1 Å². The molecular formula is C17H33N3O6. The van der Waals surface area contributed by atoms with Crippen LogP contribution in [0.1, 0.15) is 26.2 Å². The van der Waals surface area contributed by atoms with Crippen LogP contribution in [0.15, 0.2) is 0 Å². The maximum atomic E-state index is 12.3. The third kappa shape index (κ3) is 9.12. The van der Waals surface area contributed by atoms with E-state index in [-0.39, 0.29) is 30.9 Å². The molecule has 0 bridgehead atoms. The largest absolute Gasteiger partial charge is 0.483 e. The first-order chi connectivity index (χ1) is 12.4. The Balaban J connectivity index is 0.000000918. The highest BCUT2D eigenvalue weighted by molar-refractivity contribution is 5.82. The molecule has 9 heteroatoms. The summed E-state index contributed by atoms with van der Waals surface area (Å²) in [4.78, 5) is 33.6. The number of carbonyl (C=O) groups excluding carboxylic acids is 1. The molecule has 0 aromatic carbocycles. The lowest BCUT2D eigenvalue weighted by Gasteiger charge is -2.32. The fraction of sp³-hybridized carbons (Fsp3) is 0.824. The van der Waals surface area contributed by atoms with E-state index >= 15 is 0 Å². The van der Waals surface area contributed by atoms with E-state index in [4.69, 9.17) is 24.9 Å². The molecule has 2 aliphatic heterocycles. The number of hydrogen-bond acceptors (Lipinski definition) is 6. The monoisotopic (exact) mass is 375 g/mol. The van der Waals surface area contributed by atoms with Crippen molar-refractivity contribution < 1.29 is 29.7 Å². The van der Waals surface area contributed by atoms with Crippen molar-refractivity contribution in [2.45, 2.75) is 26.2 Å². The summed E-state index contributed by atoms with van der Waals surface area (Å²) in [5, 5.41) is 25.9. The molecule has 2 fully saturated rings. The highest BCUT2D eigenvalue weighted by Gasteiger charge is 2.38. The Morgan fingerprint density at radius 1 is 1.19 bits per heavy atom. The number of piperidine rings is 1. The van der Waals surface area contributed by atoms with Gasteiger partial charge in [0.25, 0.3) is 12.9 Å². The van der Waals surface area contributed by atoms with Crippen LogP contribution in [0.5, 0.6) is 0 Å². The smallest absolute Gasteiger partial charge is 0.290 e. The van der Waals surface area contributed by atoms with E-state index in [9.17, 15) is 4.79 Å². The second kappa shape index (κ2) is 13.5. The molecule has 2 saturated heterocycles. The van der Waals surface area contributed by atoms with Crippen molar-refractivity contribution in [2.24, 2.45) is 11.3 Å². The molecule has 0 spiro atoms. The average Bonchev–Trinajstić information content (AvgIpc) is 2.96. The second-order valence-corrected chi connectivity index (χ2v) is 6.98. The normalized spacial score (nSPS) is 23.8. The number of likely N-dealkylation sites (tertiary alicyclic amines) is 2. The van der Waals surface area contributed by atoms with Gasteiger partial charge in [0.2, 0.25) is 5.91 Å². The first-order valence-corrected chi connectivity index (χ1v) is 8.82. The number of hydrogen-bond donors (Lipinski definition) is 4. The molecular weight excluding hydrogens is 342 g/mol. The second-order valence-electron chi connectivity index (χ2n) is 6.98. The van der Waals surface area contributed by atoms with Crippen molar-refractivity contribution in [3.8, 4) is 0 Å². The molecule has 1 atom stereocenters. The van der Waals surface area contributed by atoms with Crippen molar-refractivity contribution in [2.75, 3.05) is 52.9 Å². The van der Waals surface area contributed by atoms with Crippen molar-refractivity contribution in [3.63, 3.8) is 0 Å². The van der Waals surface area contributed by atoms with Gasteiger partial charge in [-0.1, -0.05) is 0 Å². The highest BCUT2D eigenvalue weighted by atomic mass is 16.3. The fourth-order valence-electron chi connectivity index (χ4n) is 3.38. The SMILES string of the molecule is CN1CCC(C)(C(=O)NCC2CCN(CCO)CC2)C1.O=CO.O=CO. The Hall–Kier alpha value is -1.71. The lowest BCUT2D eigenvalue weighted by Crippen LogP contribution is -2.44. The van der Waals surface area contributed by atoms with E-state index in [0.29, 0.717) is 5.92 Å². The Morgan fingerprint density at radius 3 is 2.15 bits per heavy atom. The summed E-state index contributed by atoms with van der Waals surface area (Å²) in [7, 11) is 2.08. The minimum atomic E-state index is -0.250. The van der Waals surface area contributed by atoms with Gasteiger partial charge in [0.1, 0.15) is 0 Å². The number of aliphatic hydroxyl groups is 1. The maximum Gasteiger partial charge on any atom is 0.290 e. The van der Waals surface area contributed by atoms with Crippen molar-refractivity contribution >= 4 is 18.9 Å². The number of carbonyl (C=O) groups is 3. The van der Waals surface area contributed by atoms with Crippen molar-refractivity contribution in [1.29, 1.82) is 0 Å². The van der Waals surface area contributed by atoms with Crippen LogP contribution in [0.2, 0.25) is 0 Å². The predicted octanol–water partition coefficient (Wildman–Crippen LogP) is -0.450. The maximum absolute atomic E-state index is 12.3. The zero-order valence-electron chi connectivity index (χ0n) is 15.8. The Morgan fingerprint density at radius 2 is 1.73 bits per heavy atom. The fourth-order valence-corrected chi connectivity index (χ4v) is 3.38. The van der Waals surface area contributed by atoms with E-state index in [1.165, 1.54) is 0 Å². The number of carboxylic acid groups (broad SMARTS) is 2. The Bertz CT molecular complexity index is 409. The van der Waals surface area contributed by atoms with Crippen molar-refractivity contribution in [3.05, 3.63) is 0 Å². The highest BCUT2D eigenvalue weighted by Crippen LogP contribution is 2.29. The van der Waals surface area contributed by atoms with Gasteiger partial charge in [0.05, 0.1) is 12.0 Å². The molecule has 2 rings (SSSR count). The molecule has 1 amide bonds. The third-order valence-electron chi connectivity index (χ3n) is 4.89. The Labute approximate surface area is 155 Å². The van der Waals surface area contributed by atoms with Crippen LogP contribution in [0, 0.1) is 11.3 Å². The minimum Gasteiger partial charge on any atom is -0.483 e. The molecule has 26 heavy (non-hydrogen) atoms. The van der Waals surface area contributed by atoms with Crippen LogP contribution in [-0.4, -0.2) is 96.9 Å². The van der Waals surface area contributed by atoms with Gasteiger partial charge < -0.3 is 30.4 Å². The number of nitrogens with zero attached hydrogens (tertiary/aromatic N) is 2. The Kier molecular flexibility index (Phi) is 12.6. The lowest BCUT2D eigenvalue weighted by atomic mass is 9.88. The zero-order chi connectivity index (χ0) is 20.0. The lowest BCUT2D eigenvalue weighted by molar-refractivity contribution is -0.130. The summed E-state index contributed by atoms with van der Waals surface area (Å²) >= 11 is 0. The number of β-amino-alcohol motifs (C(OH)–C–C–N with tert-alkyl or cyclic N) is 1. The van der Waals surface area contributed by atoms with E-state index in [1.807, 2.05) is 0 Å². The van der Waals surface area contributed by atoms with Crippen LogP contribution >= 0.6 is 0 Å². The molecule has 0 aromatic rings. The van der Waals surface area contributed by atoms with Crippen LogP contribution in [0.3, 0.4) is 0 Å². The standard InChI is InChI=1S/C15H29N3O2.2CH2O2/c1-15(5-8-17(2)12-15)14(20)16-11-13-3-6-18(7-4-13)9-10-19;2*2-1-3/h13,19H,3-12H2,1-2H3,(H,16,20);2*1H,(H,2,3). The molecule has 0 aliphatic carbocycles. The summed E-state index contributed by atoms with van der Waals surface area (Å²) in [6.07, 6.45) is 3.21. The molecule has 0 radical (unpaired) electrons. The minimum absolute atomic E-state index is 0.202. The number of aliphatic hydroxyl groups excluding tert-OH is 1. The molecule has 0 saturated carbocycles. The molecule has 2 aliphatic rings.